The van der Waals surface area contributed by atoms with Gasteiger partial charge in [-0.25, -0.2) is 0 Å². The van der Waals surface area contributed by atoms with Gasteiger partial charge in [-0.2, -0.15) is 13.2 Å². The van der Waals surface area contributed by atoms with Gasteiger partial charge >= 0.3 is 6.18 Å². The normalized spacial score (nSPS) is 16.8. The Morgan fingerprint density at radius 3 is 2.00 bits per heavy atom. The summed E-state index contributed by atoms with van der Waals surface area (Å²) in [6.45, 7) is 7.74. The molecule has 0 spiro atoms. The number of hydrogen-bond donors (Lipinski definition) is 1. The molecule has 1 aromatic carbocycles. The van der Waals surface area contributed by atoms with E-state index in [1.807, 2.05) is 0 Å². The molecule has 1 aromatic rings. The molecule has 0 radical (unpaired) electrons. The Hall–Kier alpha value is -1.55. The minimum absolute atomic E-state index is 0.621. The molecule has 2 rings (SSSR count). The fraction of sp³-hybridized carbons (Fsp3) is 0.500. The second-order valence-electron chi connectivity index (χ2n) is 7.38. The van der Waals surface area contributed by atoms with Crippen LogP contribution in [0.25, 0.3) is 5.57 Å². The molecule has 1 aliphatic rings. The first-order valence-electron chi connectivity index (χ1n) is 8.23. The summed E-state index contributed by atoms with van der Waals surface area (Å²) >= 11 is 0. The molecule has 132 valence electrons. The lowest BCUT2D eigenvalue weighted by atomic mass is 9.81. The van der Waals surface area contributed by atoms with Crippen molar-refractivity contribution < 1.29 is 18.3 Å². The highest BCUT2D eigenvalue weighted by atomic mass is 19.4. The molecule has 0 fully saturated rings. The molecule has 0 atom stereocenters. The molecule has 0 saturated carbocycles. The van der Waals surface area contributed by atoms with Crippen LogP contribution in [0.3, 0.4) is 0 Å². The van der Waals surface area contributed by atoms with Gasteiger partial charge in [0.2, 0.25) is 0 Å². The van der Waals surface area contributed by atoms with Gasteiger partial charge < -0.3 is 5.11 Å². The van der Waals surface area contributed by atoms with Gasteiger partial charge in [0.1, 0.15) is 0 Å². The maximum Gasteiger partial charge on any atom is 0.416 e. The van der Waals surface area contributed by atoms with Gasteiger partial charge in [0.05, 0.1) is 11.2 Å². The Kier molecular flexibility index (Phi) is 5.28. The van der Waals surface area contributed by atoms with Gasteiger partial charge in [-0.05, 0) is 76.6 Å². The van der Waals surface area contributed by atoms with E-state index in [1.54, 1.807) is 26.0 Å². The largest absolute Gasteiger partial charge is 0.416 e. The van der Waals surface area contributed by atoms with Crippen LogP contribution >= 0.6 is 0 Å². The second-order valence-corrected chi connectivity index (χ2v) is 7.38. The Morgan fingerprint density at radius 2 is 1.50 bits per heavy atom. The number of rotatable bonds is 4. The Morgan fingerprint density at radius 1 is 0.958 bits per heavy atom. The molecule has 1 aliphatic carbocycles. The fourth-order valence-corrected chi connectivity index (χ4v) is 2.98. The molecule has 0 heterocycles. The topological polar surface area (TPSA) is 20.2 Å². The summed E-state index contributed by atoms with van der Waals surface area (Å²) in [5.41, 5.74) is 4.40. The van der Waals surface area contributed by atoms with E-state index in [-0.39, 0.29) is 0 Å². The van der Waals surface area contributed by atoms with Crippen LogP contribution in [-0.4, -0.2) is 10.7 Å². The van der Waals surface area contributed by atoms with E-state index in [1.165, 1.54) is 16.7 Å². The standard InChI is InChI=1S/C20H25F3O/c1-13-11-16(9-10-19(3,4)24)18(12-14(13)2)15-5-7-17(8-6-15)20(21,22)23/h5-8,24H,9-12H2,1-4H3. The van der Waals surface area contributed by atoms with Crippen LogP contribution in [0.4, 0.5) is 13.2 Å². The van der Waals surface area contributed by atoms with E-state index in [9.17, 15) is 18.3 Å². The third kappa shape index (κ3) is 4.73. The van der Waals surface area contributed by atoms with Crippen LogP contribution in [0.1, 0.15) is 64.5 Å². The minimum atomic E-state index is -4.31. The van der Waals surface area contributed by atoms with Crippen LogP contribution in [0, 0.1) is 0 Å². The smallest absolute Gasteiger partial charge is 0.390 e. The predicted octanol–water partition coefficient (Wildman–Crippen LogP) is 6.14. The summed E-state index contributed by atoms with van der Waals surface area (Å²) in [4.78, 5) is 0. The number of alkyl halides is 3. The lowest BCUT2D eigenvalue weighted by Crippen LogP contribution is -2.19. The molecule has 1 nitrogen and oxygen atoms in total. The zero-order valence-electron chi connectivity index (χ0n) is 14.7. The van der Waals surface area contributed by atoms with Crippen molar-refractivity contribution in [3.05, 3.63) is 52.1 Å². The monoisotopic (exact) mass is 338 g/mol. The van der Waals surface area contributed by atoms with Crippen LogP contribution in [0.2, 0.25) is 0 Å². The zero-order chi connectivity index (χ0) is 18.1. The second kappa shape index (κ2) is 6.75. The molecular formula is C20H25F3O. The maximum atomic E-state index is 12.8. The summed E-state index contributed by atoms with van der Waals surface area (Å²) in [5, 5.41) is 9.99. The molecule has 0 amide bonds. The number of allylic oxidation sites excluding steroid dienone is 4. The Bertz CT molecular complexity index is 656. The van der Waals surface area contributed by atoms with Gasteiger partial charge in [0.15, 0.2) is 0 Å². The maximum absolute atomic E-state index is 12.8. The highest BCUT2D eigenvalue weighted by molar-refractivity contribution is 5.73. The van der Waals surface area contributed by atoms with E-state index >= 15 is 0 Å². The van der Waals surface area contributed by atoms with Crippen molar-refractivity contribution in [2.24, 2.45) is 0 Å². The Balaban J connectivity index is 2.34. The number of hydrogen-bond acceptors (Lipinski definition) is 1. The molecule has 0 unspecified atom stereocenters. The van der Waals surface area contributed by atoms with Gasteiger partial charge in [-0.1, -0.05) is 28.9 Å². The summed E-state index contributed by atoms with van der Waals surface area (Å²) in [7, 11) is 0. The van der Waals surface area contributed by atoms with E-state index in [0.717, 1.165) is 42.5 Å². The van der Waals surface area contributed by atoms with E-state index < -0.39 is 17.3 Å². The molecule has 0 aliphatic heterocycles. The molecule has 24 heavy (non-hydrogen) atoms. The van der Waals surface area contributed by atoms with Crippen molar-refractivity contribution >= 4 is 5.57 Å². The summed E-state index contributed by atoms with van der Waals surface area (Å²) in [6.07, 6.45) is -1.32. The number of benzene rings is 1. The van der Waals surface area contributed by atoms with Crippen molar-refractivity contribution in [3.8, 4) is 0 Å². The molecule has 0 bridgehead atoms. The molecular weight excluding hydrogens is 313 g/mol. The average Bonchev–Trinajstić information content (AvgIpc) is 2.46. The van der Waals surface area contributed by atoms with Crippen molar-refractivity contribution in [2.75, 3.05) is 0 Å². The molecule has 4 heteroatoms. The van der Waals surface area contributed by atoms with Crippen molar-refractivity contribution in [1.29, 1.82) is 0 Å². The van der Waals surface area contributed by atoms with Crippen molar-refractivity contribution in [1.82, 2.24) is 0 Å². The van der Waals surface area contributed by atoms with Crippen molar-refractivity contribution in [2.45, 2.75) is 65.2 Å². The van der Waals surface area contributed by atoms with Crippen LogP contribution in [0.15, 0.2) is 41.0 Å². The molecule has 0 aromatic heterocycles. The van der Waals surface area contributed by atoms with E-state index in [2.05, 4.69) is 13.8 Å². The first kappa shape index (κ1) is 18.8. The highest BCUT2D eigenvalue weighted by Gasteiger charge is 2.30. The van der Waals surface area contributed by atoms with Crippen LogP contribution in [-0.2, 0) is 6.18 Å². The third-order valence-electron chi connectivity index (χ3n) is 4.68. The highest BCUT2D eigenvalue weighted by Crippen LogP contribution is 2.39. The summed E-state index contributed by atoms with van der Waals surface area (Å²) in [6, 6.07) is 5.43. The number of aliphatic hydroxyl groups is 1. The molecule has 1 N–H and O–H groups in total. The lowest BCUT2D eigenvalue weighted by molar-refractivity contribution is -0.137. The van der Waals surface area contributed by atoms with Crippen molar-refractivity contribution in [3.63, 3.8) is 0 Å². The first-order valence-corrected chi connectivity index (χ1v) is 8.23. The Labute approximate surface area is 141 Å². The predicted molar refractivity (Wildman–Crippen MR) is 91.5 cm³/mol. The van der Waals surface area contributed by atoms with Crippen LogP contribution in [0.5, 0.6) is 0 Å². The minimum Gasteiger partial charge on any atom is -0.390 e. The third-order valence-corrected chi connectivity index (χ3v) is 4.68. The molecule has 0 saturated heterocycles. The van der Waals surface area contributed by atoms with E-state index in [4.69, 9.17) is 0 Å². The van der Waals surface area contributed by atoms with Gasteiger partial charge in [-0.3, -0.25) is 0 Å². The van der Waals surface area contributed by atoms with E-state index in [0.29, 0.717) is 6.42 Å². The summed E-state index contributed by atoms with van der Waals surface area (Å²) in [5.74, 6) is 0. The fourth-order valence-electron chi connectivity index (χ4n) is 2.98. The van der Waals surface area contributed by atoms with Crippen LogP contribution < -0.4 is 0 Å². The summed E-state index contributed by atoms with van der Waals surface area (Å²) < 4.78 is 38.3. The van der Waals surface area contributed by atoms with Gasteiger partial charge in [0.25, 0.3) is 0 Å². The average molecular weight is 338 g/mol. The lowest BCUT2D eigenvalue weighted by Gasteiger charge is -2.26. The first-order chi connectivity index (χ1) is 11.0. The zero-order valence-corrected chi connectivity index (χ0v) is 14.7. The quantitative estimate of drug-likeness (QED) is 0.654. The number of halogens is 3. The van der Waals surface area contributed by atoms with Gasteiger partial charge in [0, 0.05) is 0 Å². The SMILES string of the molecule is CC1=C(C)CC(c2ccc(C(F)(F)F)cc2)=C(CCC(C)(C)O)C1. The van der Waals surface area contributed by atoms with Gasteiger partial charge in [-0.15, -0.1) is 0 Å².